The van der Waals surface area contributed by atoms with Crippen molar-refractivity contribution in [3.63, 3.8) is 0 Å². The summed E-state index contributed by atoms with van der Waals surface area (Å²) in [5.41, 5.74) is 0.346. The summed E-state index contributed by atoms with van der Waals surface area (Å²) in [5.74, 6) is 0.871. The van der Waals surface area contributed by atoms with E-state index in [1.54, 1.807) is 12.1 Å². The fourth-order valence-corrected chi connectivity index (χ4v) is 3.68. The van der Waals surface area contributed by atoms with E-state index in [1.165, 1.54) is 12.5 Å². The van der Waals surface area contributed by atoms with E-state index in [1.807, 2.05) is 0 Å². The molecule has 0 spiro atoms. The number of benzene rings is 1. The van der Waals surface area contributed by atoms with Gasteiger partial charge in [0.1, 0.15) is 12.4 Å². The predicted octanol–water partition coefficient (Wildman–Crippen LogP) is 4.68. The molecule has 1 aromatic carbocycles. The molecule has 1 aliphatic heterocycles. The third kappa shape index (κ3) is 3.58. The topological polar surface area (TPSA) is 38.2 Å². The van der Waals surface area contributed by atoms with Gasteiger partial charge in [0.2, 0.25) is 5.82 Å². The molecule has 1 aliphatic rings. The minimum atomic E-state index is -0.369. The third-order valence-corrected chi connectivity index (χ3v) is 5.08. The Morgan fingerprint density at radius 3 is 3.04 bits per heavy atom. The van der Waals surface area contributed by atoms with Gasteiger partial charge in [-0.3, -0.25) is 0 Å². The van der Waals surface area contributed by atoms with Crippen LogP contribution in [0.3, 0.4) is 0 Å². The molecule has 0 saturated carbocycles. The van der Waals surface area contributed by atoms with Crippen LogP contribution in [-0.4, -0.2) is 21.3 Å². The molecule has 2 aromatic rings. The van der Waals surface area contributed by atoms with Crippen LogP contribution in [0.2, 0.25) is 5.02 Å². The van der Waals surface area contributed by atoms with Gasteiger partial charge in [0, 0.05) is 18.2 Å². The van der Waals surface area contributed by atoms with Gasteiger partial charge in [0.25, 0.3) is 5.88 Å². The molecule has 0 amide bonds. The number of rotatable bonds is 5. The van der Waals surface area contributed by atoms with Crippen molar-refractivity contribution >= 4 is 29.1 Å². The zero-order valence-electron chi connectivity index (χ0n) is 13.0. The predicted molar refractivity (Wildman–Crippen MR) is 90.9 cm³/mol. The molecule has 0 bridgehead atoms. The second-order valence-electron chi connectivity index (χ2n) is 5.63. The van der Waals surface area contributed by atoms with Crippen LogP contribution < -0.4 is 9.64 Å². The van der Waals surface area contributed by atoms with Gasteiger partial charge < -0.3 is 9.64 Å². The standard InChI is InChI=1S/C16H19ClFN3OS/c1-2-11-6-3-4-9-21(11)15-16(20-23-19-15)22-10-12-13(17)7-5-8-14(12)18/h5,7-8,11H,2-4,6,9-10H2,1H3. The van der Waals surface area contributed by atoms with Crippen molar-refractivity contribution in [2.75, 3.05) is 11.4 Å². The maximum absolute atomic E-state index is 13.8. The summed E-state index contributed by atoms with van der Waals surface area (Å²) >= 11 is 7.16. The monoisotopic (exact) mass is 355 g/mol. The Kier molecular flexibility index (Phi) is 5.33. The van der Waals surface area contributed by atoms with Crippen molar-refractivity contribution in [3.05, 3.63) is 34.6 Å². The van der Waals surface area contributed by atoms with Crippen molar-refractivity contribution in [1.82, 2.24) is 8.75 Å². The second kappa shape index (κ2) is 7.45. The molecule has 0 N–H and O–H groups in total. The molecule has 0 radical (unpaired) electrons. The minimum absolute atomic E-state index is 0.0502. The van der Waals surface area contributed by atoms with Gasteiger partial charge >= 0.3 is 0 Å². The Hall–Kier alpha value is -1.40. The van der Waals surface area contributed by atoms with Gasteiger partial charge in [-0.25, -0.2) is 4.39 Å². The number of aromatic nitrogens is 2. The van der Waals surface area contributed by atoms with E-state index in [0.717, 1.165) is 43.4 Å². The lowest BCUT2D eigenvalue weighted by molar-refractivity contribution is 0.289. The lowest BCUT2D eigenvalue weighted by Gasteiger charge is -2.35. The van der Waals surface area contributed by atoms with Crippen LogP contribution in [0.5, 0.6) is 5.88 Å². The summed E-state index contributed by atoms with van der Waals surface area (Å²) in [6.45, 7) is 3.19. The average Bonchev–Trinajstić information content (AvgIpc) is 3.02. The van der Waals surface area contributed by atoms with Crippen LogP contribution in [0.15, 0.2) is 18.2 Å². The molecule has 4 nitrogen and oxygen atoms in total. The first-order chi connectivity index (χ1) is 11.2. The summed E-state index contributed by atoms with van der Waals surface area (Å²) in [5, 5.41) is 0.360. The smallest absolute Gasteiger partial charge is 0.271 e. The molecule has 3 rings (SSSR count). The summed E-state index contributed by atoms with van der Waals surface area (Å²) in [4.78, 5) is 2.27. The Balaban J connectivity index is 1.76. The van der Waals surface area contributed by atoms with E-state index in [9.17, 15) is 4.39 Å². The number of ether oxygens (including phenoxy) is 1. The van der Waals surface area contributed by atoms with E-state index in [-0.39, 0.29) is 12.4 Å². The average molecular weight is 356 g/mol. The van der Waals surface area contributed by atoms with E-state index in [0.29, 0.717) is 22.5 Å². The number of hydrogen-bond acceptors (Lipinski definition) is 5. The molecule has 1 fully saturated rings. The minimum Gasteiger partial charge on any atom is -0.469 e. The summed E-state index contributed by atoms with van der Waals surface area (Å²) in [7, 11) is 0. The lowest BCUT2D eigenvalue weighted by atomic mass is 10.0. The van der Waals surface area contributed by atoms with Crippen molar-refractivity contribution in [3.8, 4) is 5.88 Å². The van der Waals surface area contributed by atoms with Gasteiger partial charge in [-0.2, -0.15) is 4.37 Å². The molecule has 2 heterocycles. The maximum Gasteiger partial charge on any atom is 0.271 e. The first-order valence-corrected chi connectivity index (χ1v) is 8.96. The van der Waals surface area contributed by atoms with Gasteiger partial charge in [-0.1, -0.05) is 24.6 Å². The van der Waals surface area contributed by atoms with Gasteiger partial charge in [0.15, 0.2) is 0 Å². The molecule has 1 atom stereocenters. The normalized spacial score (nSPS) is 18.2. The van der Waals surface area contributed by atoms with E-state index in [2.05, 4.69) is 20.6 Å². The highest BCUT2D eigenvalue weighted by atomic mass is 35.5. The summed E-state index contributed by atoms with van der Waals surface area (Å²) < 4.78 is 28.2. The number of nitrogens with zero attached hydrogens (tertiary/aromatic N) is 3. The van der Waals surface area contributed by atoms with Crippen LogP contribution in [0.4, 0.5) is 10.2 Å². The molecule has 124 valence electrons. The third-order valence-electron chi connectivity index (χ3n) is 4.23. The molecule has 1 saturated heterocycles. The Morgan fingerprint density at radius 2 is 2.26 bits per heavy atom. The van der Waals surface area contributed by atoms with Crippen molar-refractivity contribution in [2.45, 2.75) is 45.3 Å². The van der Waals surface area contributed by atoms with Crippen LogP contribution in [0.25, 0.3) is 0 Å². The maximum atomic E-state index is 13.8. The molecule has 1 aromatic heterocycles. The Bertz CT molecular complexity index is 646. The number of anilines is 1. The number of halogens is 2. The molecular weight excluding hydrogens is 337 g/mol. The van der Waals surface area contributed by atoms with E-state index >= 15 is 0 Å². The number of piperidine rings is 1. The first-order valence-electron chi connectivity index (χ1n) is 7.85. The molecule has 7 heteroatoms. The number of hydrogen-bond donors (Lipinski definition) is 0. The fourth-order valence-electron chi connectivity index (χ4n) is 2.96. The van der Waals surface area contributed by atoms with Crippen LogP contribution in [0.1, 0.15) is 38.2 Å². The highest BCUT2D eigenvalue weighted by molar-refractivity contribution is 6.99. The van der Waals surface area contributed by atoms with Crippen LogP contribution in [-0.2, 0) is 6.61 Å². The molecule has 1 unspecified atom stereocenters. The van der Waals surface area contributed by atoms with Gasteiger partial charge in [0.05, 0.1) is 16.8 Å². The summed E-state index contributed by atoms with van der Waals surface area (Å²) in [6, 6.07) is 5.08. The Labute approximate surface area is 144 Å². The van der Waals surface area contributed by atoms with Crippen LogP contribution in [0, 0.1) is 5.82 Å². The zero-order valence-corrected chi connectivity index (χ0v) is 14.5. The van der Waals surface area contributed by atoms with Crippen molar-refractivity contribution in [2.24, 2.45) is 0 Å². The quantitative estimate of drug-likeness (QED) is 0.780. The Morgan fingerprint density at radius 1 is 1.39 bits per heavy atom. The fraction of sp³-hybridized carbons (Fsp3) is 0.500. The first kappa shape index (κ1) is 16.5. The summed E-state index contributed by atoms with van der Waals surface area (Å²) in [6.07, 6.45) is 4.61. The van der Waals surface area contributed by atoms with E-state index in [4.69, 9.17) is 16.3 Å². The molecule has 0 aliphatic carbocycles. The van der Waals surface area contributed by atoms with Gasteiger partial charge in [-0.15, -0.1) is 4.37 Å². The van der Waals surface area contributed by atoms with Crippen molar-refractivity contribution in [1.29, 1.82) is 0 Å². The van der Waals surface area contributed by atoms with Gasteiger partial charge in [-0.05, 0) is 37.8 Å². The van der Waals surface area contributed by atoms with E-state index < -0.39 is 0 Å². The highest BCUT2D eigenvalue weighted by Crippen LogP contribution is 2.33. The lowest BCUT2D eigenvalue weighted by Crippen LogP contribution is -2.39. The highest BCUT2D eigenvalue weighted by Gasteiger charge is 2.26. The second-order valence-corrected chi connectivity index (χ2v) is 6.57. The molecule has 23 heavy (non-hydrogen) atoms. The molecular formula is C16H19ClFN3OS. The van der Waals surface area contributed by atoms with Crippen molar-refractivity contribution < 1.29 is 9.13 Å². The largest absolute Gasteiger partial charge is 0.469 e. The zero-order chi connectivity index (χ0) is 16.2. The van der Waals surface area contributed by atoms with Crippen LogP contribution >= 0.6 is 23.3 Å². The SMILES string of the molecule is CCC1CCCCN1c1nsnc1OCc1c(F)cccc1Cl.